The Morgan fingerprint density at radius 2 is 2.41 bits per heavy atom. The first-order chi connectivity index (χ1) is 8.24. The number of aryl methyl sites for hydroxylation is 1. The summed E-state index contributed by atoms with van der Waals surface area (Å²) < 4.78 is 5.25. The number of furan rings is 1. The van der Waals surface area contributed by atoms with Crippen LogP contribution < -0.4 is 10.6 Å². The van der Waals surface area contributed by atoms with E-state index >= 15 is 0 Å². The van der Waals surface area contributed by atoms with Crippen molar-refractivity contribution in [3.05, 3.63) is 24.2 Å². The predicted molar refractivity (Wildman–Crippen MR) is 65.7 cm³/mol. The molecule has 2 rings (SSSR count). The Balaban J connectivity index is 1.58. The lowest BCUT2D eigenvalue weighted by molar-refractivity contribution is 0.236. The fourth-order valence-corrected chi connectivity index (χ4v) is 1.72. The van der Waals surface area contributed by atoms with E-state index in [0.717, 1.165) is 31.1 Å². The molecule has 1 saturated carbocycles. The van der Waals surface area contributed by atoms with Crippen molar-refractivity contribution in [1.82, 2.24) is 10.6 Å². The van der Waals surface area contributed by atoms with E-state index in [2.05, 4.69) is 10.6 Å². The van der Waals surface area contributed by atoms with Crippen LogP contribution in [0.4, 0.5) is 4.79 Å². The Labute approximate surface area is 102 Å². The van der Waals surface area contributed by atoms with Gasteiger partial charge in [0.2, 0.25) is 0 Å². The highest BCUT2D eigenvalue weighted by Gasteiger charge is 2.21. The number of carbonyl (C=O) groups is 1. The van der Waals surface area contributed by atoms with E-state index in [1.54, 1.807) is 6.26 Å². The number of amides is 2. The molecule has 0 spiro atoms. The molecule has 1 aromatic rings. The summed E-state index contributed by atoms with van der Waals surface area (Å²) in [6.07, 6.45) is 5.94. The number of carbonyl (C=O) groups excluding carboxylic acids is 1. The van der Waals surface area contributed by atoms with Crippen LogP contribution in [-0.4, -0.2) is 18.6 Å². The van der Waals surface area contributed by atoms with Crippen molar-refractivity contribution in [2.75, 3.05) is 6.54 Å². The largest absolute Gasteiger partial charge is 0.469 e. The number of rotatable bonds is 6. The summed E-state index contributed by atoms with van der Waals surface area (Å²) in [5.74, 6) is 1.69. The van der Waals surface area contributed by atoms with E-state index in [4.69, 9.17) is 4.42 Å². The van der Waals surface area contributed by atoms with Gasteiger partial charge in [0.15, 0.2) is 0 Å². The monoisotopic (exact) mass is 236 g/mol. The highest BCUT2D eigenvalue weighted by Crippen LogP contribution is 2.27. The van der Waals surface area contributed by atoms with Crippen molar-refractivity contribution < 1.29 is 9.21 Å². The zero-order chi connectivity index (χ0) is 12.1. The normalized spacial score (nSPS) is 16.5. The van der Waals surface area contributed by atoms with E-state index in [1.807, 2.05) is 19.1 Å². The van der Waals surface area contributed by atoms with Gasteiger partial charge in [0.1, 0.15) is 5.76 Å². The lowest BCUT2D eigenvalue weighted by Crippen LogP contribution is -2.41. The maximum absolute atomic E-state index is 11.5. The first-order valence-corrected chi connectivity index (χ1v) is 6.31. The van der Waals surface area contributed by atoms with E-state index < -0.39 is 0 Å². The summed E-state index contributed by atoms with van der Waals surface area (Å²) in [6.45, 7) is 2.83. The van der Waals surface area contributed by atoms with Crippen molar-refractivity contribution in [3.8, 4) is 0 Å². The molecular weight excluding hydrogens is 216 g/mol. The summed E-state index contributed by atoms with van der Waals surface area (Å²) in [6, 6.07) is 3.96. The molecule has 0 unspecified atom stereocenters. The van der Waals surface area contributed by atoms with Crippen LogP contribution >= 0.6 is 0 Å². The van der Waals surface area contributed by atoms with Gasteiger partial charge in [-0.1, -0.05) is 0 Å². The van der Waals surface area contributed by atoms with Crippen LogP contribution in [0, 0.1) is 5.92 Å². The van der Waals surface area contributed by atoms with Gasteiger partial charge in [0.25, 0.3) is 0 Å². The zero-order valence-electron chi connectivity index (χ0n) is 10.2. The molecule has 1 fully saturated rings. The van der Waals surface area contributed by atoms with E-state index in [-0.39, 0.29) is 12.1 Å². The fraction of sp³-hybridized carbons (Fsp3) is 0.615. The topological polar surface area (TPSA) is 54.3 Å². The molecule has 0 radical (unpaired) electrons. The Morgan fingerprint density at radius 1 is 1.59 bits per heavy atom. The minimum Gasteiger partial charge on any atom is -0.469 e. The molecule has 94 valence electrons. The van der Waals surface area contributed by atoms with Gasteiger partial charge in [-0.05, 0) is 44.2 Å². The highest BCUT2D eigenvalue weighted by atomic mass is 16.3. The van der Waals surface area contributed by atoms with Gasteiger partial charge in [-0.25, -0.2) is 4.79 Å². The third kappa shape index (κ3) is 4.51. The molecule has 1 aromatic heterocycles. The van der Waals surface area contributed by atoms with Crippen LogP contribution in [0.2, 0.25) is 0 Å². The molecule has 2 N–H and O–H groups in total. The van der Waals surface area contributed by atoms with Crippen molar-refractivity contribution in [2.24, 2.45) is 5.92 Å². The van der Waals surface area contributed by atoms with Gasteiger partial charge in [-0.15, -0.1) is 0 Å². The zero-order valence-corrected chi connectivity index (χ0v) is 10.2. The van der Waals surface area contributed by atoms with E-state index in [0.29, 0.717) is 0 Å². The number of hydrogen-bond donors (Lipinski definition) is 2. The number of hydrogen-bond acceptors (Lipinski definition) is 2. The van der Waals surface area contributed by atoms with Gasteiger partial charge in [-0.3, -0.25) is 0 Å². The van der Waals surface area contributed by atoms with Crippen molar-refractivity contribution in [2.45, 2.75) is 38.6 Å². The Morgan fingerprint density at radius 3 is 3.06 bits per heavy atom. The molecule has 4 nitrogen and oxygen atoms in total. The Kier molecular flexibility index (Phi) is 4.07. The molecule has 17 heavy (non-hydrogen) atoms. The standard InChI is InChI=1S/C13H20N2O2/c1-10(4-7-12-3-2-8-17-12)15-13(16)14-9-11-5-6-11/h2-3,8,10-11H,4-7,9H2,1H3,(H2,14,15,16)/t10-/m1/s1. The lowest BCUT2D eigenvalue weighted by atomic mass is 10.1. The van der Waals surface area contributed by atoms with Gasteiger partial charge >= 0.3 is 6.03 Å². The number of nitrogens with one attached hydrogen (secondary N) is 2. The van der Waals surface area contributed by atoms with Crippen molar-refractivity contribution in [3.63, 3.8) is 0 Å². The van der Waals surface area contributed by atoms with Crippen LogP contribution in [0.1, 0.15) is 31.9 Å². The van der Waals surface area contributed by atoms with Gasteiger partial charge in [0.05, 0.1) is 6.26 Å². The third-order valence-corrected chi connectivity index (χ3v) is 3.03. The number of urea groups is 1. The van der Waals surface area contributed by atoms with Gasteiger partial charge in [0, 0.05) is 19.0 Å². The second-order valence-electron chi connectivity index (χ2n) is 4.82. The Bertz CT molecular complexity index is 344. The maximum Gasteiger partial charge on any atom is 0.315 e. The molecule has 0 bridgehead atoms. The van der Waals surface area contributed by atoms with Gasteiger partial charge < -0.3 is 15.1 Å². The molecule has 4 heteroatoms. The highest BCUT2D eigenvalue weighted by molar-refractivity contribution is 5.74. The summed E-state index contributed by atoms with van der Waals surface area (Å²) in [5, 5.41) is 5.83. The molecular formula is C13H20N2O2. The minimum absolute atomic E-state index is 0.0520. The molecule has 1 atom stereocenters. The maximum atomic E-state index is 11.5. The summed E-state index contributed by atoms with van der Waals surface area (Å²) >= 11 is 0. The molecule has 1 aliphatic carbocycles. The molecule has 0 aromatic carbocycles. The van der Waals surface area contributed by atoms with E-state index in [9.17, 15) is 4.79 Å². The molecule has 2 amide bonds. The van der Waals surface area contributed by atoms with Crippen LogP contribution in [-0.2, 0) is 6.42 Å². The SMILES string of the molecule is C[C@H](CCc1ccco1)NC(=O)NCC1CC1. The third-order valence-electron chi connectivity index (χ3n) is 3.03. The van der Waals surface area contributed by atoms with Crippen molar-refractivity contribution >= 4 is 6.03 Å². The van der Waals surface area contributed by atoms with Crippen LogP contribution in [0.5, 0.6) is 0 Å². The second kappa shape index (κ2) is 5.75. The van der Waals surface area contributed by atoms with Crippen LogP contribution in [0.15, 0.2) is 22.8 Å². The predicted octanol–water partition coefficient (Wildman–Crippen LogP) is 2.31. The molecule has 1 aliphatic rings. The average molecular weight is 236 g/mol. The van der Waals surface area contributed by atoms with Crippen LogP contribution in [0.25, 0.3) is 0 Å². The van der Waals surface area contributed by atoms with Gasteiger partial charge in [-0.2, -0.15) is 0 Å². The first-order valence-electron chi connectivity index (χ1n) is 6.31. The average Bonchev–Trinajstić information content (AvgIpc) is 2.99. The Hall–Kier alpha value is -1.45. The lowest BCUT2D eigenvalue weighted by Gasteiger charge is -2.13. The van der Waals surface area contributed by atoms with Crippen LogP contribution in [0.3, 0.4) is 0 Å². The fourth-order valence-electron chi connectivity index (χ4n) is 1.72. The minimum atomic E-state index is -0.0520. The smallest absolute Gasteiger partial charge is 0.315 e. The summed E-state index contributed by atoms with van der Waals surface area (Å²) in [5.41, 5.74) is 0. The van der Waals surface area contributed by atoms with E-state index in [1.165, 1.54) is 12.8 Å². The second-order valence-corrected chi connectivity index (χ2v) is 4.82. The summed E-state index contributed by atoms with van der Waals surface area (Å²) in [7, 11) is 0. The summed E-state index contributed by atoms with van der Waals surface area (Å²) in [4.78, 5) is 11.5. The van der Waals surface area contributed by atoms with Crippen molar-refractivity contribution in [1.29, 1.82) is 0 Å². The molecule has 1 heterocycles. The first kappa shape index (κ1) is 12.0. The molecule has 0 aliphatic heterocycles. The molecule has 0 saturated heterocycles. The quantitative estimate of drug-likeness (QED) is 0.796.